The SMILES string of the molecule is CCC1CCN(c2ncc(CO)s2)C1. The summed E-state index contributed by atoms with van der Waals surface area (Å²) in [5, 5.41) is 10.0. The quantitative estimate of drug-likeness (QED) is 0.831. The normalized spacial score (nSPS) is 21.9. The highest BCUT2D eigenvalue weighted by atomic mass is 32.1. The molecule has 1 aliphatic heterocycles. The number of anilines is 1. The molecule has 0 radical (unpaired) electrons. The second-order valence-electron chi connectivity index (χ2n) is 3.78. The van der Waals surface area contributed by atoms with E-state index in [1.807, 2.05) is 0 Å². The van der Waals surface area contributed by atoms with Gasteiger partial charge in [0.2, 0.25) is 0 Å². The fourth-order valence-electron chi connectivity index (χ4n) is 1.86. The third kappa shape index (κ3) is 1.91. The van der Waals surface area contributed by atoms with Gasteiger partial charge in [0.1, 0.15) is 0 Å². The average Bonchev–Trinajstić information content (AvgIpc) is 2.86. The van der Waals surface area contributed by atoms with Crippen LogP contribution in [-0.2, 0) is 6.61 Å². The minimum absolute atomic E-state index is 0.114. The molecule has 1 fully saturated rings. The first-order chi connectivity index (χ1) is 6.83. The van der Waals surface area contributed by atoms with Crippen molar-refractivity contribution in [2.24, 2.45) is 5.92 Å². The Morgan fingerprint density at radius 2 is 2.57 bits per heavy atom. The van der Waals surface area contributed by atoms with Crippen molar-refractivity contribution in [3.63, 3.8) is 0 Å². The van der Waals surface area contributed by atoms with Crippen LogP contribution in [-0.4, -0.2) is 23.2 Å². The van der Waals surface area contributed by atoms with Crippen LogP contribution in [0.5, 0.6) is 0 Å². The minimum Gasteiger partial charge on any atom is -0.391 e. The van der Waals surface area contributed by atoms with Gasteiger partial charge in [0, 0.05) is 19.3 Å². The maximum Gasteiger partial charge on any atom is 0.185 e. The van der Waals surface area contributed by atoms with Crippen LogP contribution in [0.3, 0.4) is 0 Å². The number of aromatic nitrogens is 1. The van der Waals surface area contributed by atoms with Crippen LogP contribution >= 0.6 is 11.3 Å². The second kappa shape index (κ2) is 4.28. The van der Waals surface area contributed by atoms with Crippen molar-refractivity contribution in [1.29, 1.82) is 0 Å². The van der Waals surface area contributed by atoms with Gasteiger partial charge in [0.05, 0.1) is 11.5 Å². The van der Waals surface area contributed by atoms with Crippen LogP contribution in [0.15, 0.2) is 6.20 Å². The van der Waals surface area contributed by atoms with E-state index in [0.29, 0.717) is 0 Å². The summed E-state index contributed by atoms with van der Waals surface area (Å²) >= 11 is 1.61. The molecule has 0 aromatic carbocycles. The highest BCUT2D eigenvalue weighted by molar-refractivity contribution is 7.15. The van der Waals surface area contributed by atoms with Crippen LogP contribution in [0, 0.1) is 5.92 Å². The molecule has 0 saturated carbocycles. The minimum atomic E-state index is 0.114. The van der Waals surface area contributed by atoms with Gasteiger partial charge >= 0.3 is 0 Å². The molecular formula is C10H16N2OS. The van der Waals surface area contributed by atoms with Crippen LogP contribution in [0.4, 0.5) is 5.13 Å². The molecule has 4 heteroatoms. The molecular weight excluding hydrogens is 196 g/mol. The predicted molar refractivity (Wildman–Crippen MR) is 58.6 cm³/mol. The van der Waals surface area contributed by atoms with E-state index in [-0.39, 0.29) is 6.61 Å². The zero-order valence-corrected chi connectivity index (χ0v) is 9.26. The Morgan fingerprint density at radius 1 is 1.71 bits per heavy atom. The number of aliphatic hydroxyl groups is 1. The highest BCUT2D eigenvalue weighted by Crippen LogP contribution is 2.28. The van der Waals surface area contributed by atoms with E-state index in [1.165, 1.54) is 12.8 Å². The highest BCUT2D eigenvalue weighted by Gasteiger charge is 2.22. The van der Waals surface area contributed by atoms with Gasteiger partial charge < -0.3 is 10.0 Å². The van der Waals surface area contributed by atoms with Gasteiger partial charge in [-0.05, 0) is 12.3 Å². The fraction of sp³-hybridized carbons (Fsp3) is 0.700. The number of nitrogens with zero attached hydrogens (tertiary/aromatic N) is 2. The van der Waals surface area contributed by atoms with Crippen molar-refractivity contribution in [1.82, 2.24) is 4.98 Å². The summed E-state index contributed by atoms with van der Waals surface area (Å²) in [7, 11) is 0. The summed E-state index contributed by atoms with van der Waals surface area (Å²) in [6.45, 7) is 4.61. The topological polar surface area (TPSA) is 36.4 Å². The molecule has 0 spiro atoms. The van der Waals surface area contributed by atoms with Crippen molar-refractivity contribution in [2.45, 2.75) is 26.4 Å². The summed E-state index contributed by atoms with van der Waals surface area (Å²) in [4.78, 5) is 7.61. The maximum atomic E-state index is 8.94. The molecule has 0 bridgehead atoms. The van der Waals surface area contributed by atoms with Crippen LogP contribution < -0.4 is 4.90 Å². The lowest BCUT2D eigenvalue weighted by molar-refractivity contribution is 0.285. The van der Waals surface area contributed by atoms with E-state index in [2.05, 4.69) is 16.8 Å². The van der Waals surface area contributed by atoms with Gasteiger partial charge in [-0.3, -0.25) is 0 Å². The van der Waals surface area contributed by atoms with E-state index in [4.69, 9.17) is 5.11 Å². The van der Waals surface area contributed by atoms with Gasteiger partial charge in [0.15, 0.2) is 5.13 Å². The Labute approximate surface area is 88.4 Å². The first-order valence-corrected chi connectivity index (χ1v) is 5.95. The van der Waals surface area contributed by atoms with Crippen molar-refractivity contribution in [2.75, 3.05) is 18.0 Å². The van der Waals surface area contributed by atoms with Gasteiger partial charge in [-0.1, -0.05) is 24.7 Å². The molecule has 0 amide bonds. The van der Waals surface area contributed by atoms with Crippen LogP contribution in [0.25, 0.3) is 0 Å². The molecule has 2 heterocycles. The number of thiazole rings is 1. The van der Waals surface area contributed by atoms with Crippen LogP contribution in [0.1, 0.15) is 24.6 Å². The molecule has 14 heavy (non-hydrogen) atoms. The average molecular weight is 212 g/mol. The Morgan fingerprint density at radius 3 is 3.14 bits per heavy atom. The molecule has 1 saturated heterocycles. The standard InChI is InChI=1S/C10H16N2OS/c1-2-8-3-4-12(6-8)10-11-5-9(7-13)14-10/h5,8,13H,2-4,6-7H2,1H3. The van der Waals surface area contributed by atoms with Crippen molar-refractivity contribution in [3.05, 3.63) is 11.1 Å². The monoisotopic (exact) mass is 212 g/mol. The number of aliphatic hydroxyl groups excluding tert-OH is 1. The summed E-state index contributed by atoms with van der Waals surface area (Å²) in [5.41, 5.74) is 0. The van der Waals surface area contributed by atoms with E-state index >= 15 is 0 Å². The van der Waals surface area contributed by atoms with Crippen LogP contribution in [0.2, 0.25) is 0 Å². The van der Waals surface area contributed by atoms with Crippen molar-refractivity contribution < 1.29 is 5.11 Å². The zero-order valence-electron chi connectivity index (χ0n) is 8.44. The summed E-state index contributed by atoms with van der Waals surface area (Å²) < 4.78 is 0. The molecule has 1 aromatic rings. The largest absolute Gasteiger partial charge is 0.391 e. The number of rotatable bonds is 3. The van der Waals surface area contributed by atoms with Crippen molar-refractivity contribution >= 4 is 16.5 Å². The number of hydrogen-bond donors (Lipinski definition) is 1. The lowest BCUT2D eigenvalue weighted by Gasteiger charge is -2.13. The van der Waals surface area contributed by atoms with Gasteiger partial charge in [-0.15, -0.1) is 0 Å². The molecule has 2 rings (SSSR count). The van der Waals surface area contributed by atoms with E-state index in [9.17, 15) is 0 Å². The lowest BCUT2D eigenvalue weighted by Crippen LogP contribution is -2.18. The molecule has 78 valence electrons. The molecule has 1 N–H and O–H groups in total. The smallest absolute Gasteiger partial charge is 0.185 e. The lowest BCUT2D eigenvalue weighted by atomic mass is 10.1. The first kappa shape index (κ1) is 9.93. The van der Waals surface area contributed by atoms with Crippen molar-refractivity contribution in [3.8, 4) is 0 Å². The van der Waals surface area contributed by atoms with E-state index < -0.39 is 0 Å². The van der Waals surface area contributed by atoms with E-state index in [1.54, 1.807) is 17.5 Å². The third-order valence-electron chi connectivity index (χ3n) is 2.83. The Hall–Kier alpha value is -0.610. The molecule has 1 atom stereocenters. The van der Waals surface area contributed by atoms with Gasteiger partial charge in [0.25, 0.3) is 0 Å². The second-order valence-corrected chi connectivity index (χ2v) is 4.87. The Bertz CT molecular complexity index is 300. The summed E-state index contributed by atoms with van der Waals surface area (Å²) in [6.07, 6.45) is 4.32. The Balaban J connectivity index is 2.02. The van der Waals surface area contributed by atoms with Gasteiger partial charge in [-0.2, -0.15) is 0 Å². The Kier molecular flexibility index (Phi) is 3.03. The first-order valence-electron chi connectivity index (χ1n) is 5.14. The molecule has 3 nitrogen and oxygen atoms in total. The number of hydrogen-bond acceptors (Lipinski definition) is 4. The molecule has 1 aromatic heterocycles. The molecule has 1 unspecified atom stereocenters. The van der Waals surface area contributed by atoms with E-state index in [0.717, 1.165) is 29.0 Å². The summed E-state index contributed by atoms with van der Waals surface area (Å²) in [6, 6.07) is 0. The zero-order chi connectivity index (χ0) is 9.97. The maximum absolute atomic E-state index is 8.94. The summed E-state index contributed by atoms with van der Waals surface area (Å²) in [5.74, 6) is 0.830. The fourth-order valence-corrected chi connectivity index (χ4v) is 2.66. The molecule has 0 aliphatic carbocycles. The van der Waals surface area contributed by atoms with Gasteiger partial charge in [-0.25, -0.2) is 4.98 Å². The third-order valence-corrected chi connectivity index (χ3v) is 3.87. The molecule has 1 aliphatic rings. The predicted octanol–water partition coefficient (Wildman–Crippen LogP) is 1.87.